The van der Waals surface area contributed by atoms with Crippen molar-refractivity contribution in [3.63, 3.8) is 0 Å². The second-order valence-electron chi connectivity index (χ2n) is 6.40. The van der Waals surface area contributed by atoms with E-state index in [-0.39, 0.29) is 12.5 Å². The van der Waals surface area contributed by atoms with Crippen molar-refractivity contribution in [1.29, 1.82) is 0 Å². The fourth-order valence-electron chi connectivity index (χ4n) is 3.48. The number of nitrogens with zero attached hydrogens (tertiary/aromatic N) is 1. The molecule has 2 aromatic rings. The third-order valence-corrected chi connectivity index (χ3v) is 5.03. The number of nitrogens with one attached hydrogen (secondary N) is 1. The highest BCUT2D eigenvalue weighted by Gasteiger charge is 2.26. The first-order chi connectivity index (χ1) is 10.7. The van der Waals surface area contributed by atoms with Crippen molar-refractivity contribution in [3.8, 4) is 0 Å². The lowest BCUT2D eigenvalue weighted by Crippen LogP contribution is -2.40. The molecule has 1 saturated carbocycles. The molecule has 3 rings (SSSR count). The zero-order chi connectivity index (χ0) is 15.5. The summed E-state index contributed by atoms with van der Waals surface area (Å²) in [4.78, 5) is 17.7. The molecule has 1 aliphatic carbocycles. The van der Waals surface area contributed by atoms with Crippen LogP contribution in [0, 0.1) is 5.92 Å². The number of carbonyl (C=O) groups is 1. The van der Waals surface area contributed by atoms with E-state index in [1.165, 1.54) is 0 Å². The van der Waals surface area contributed by atoms with Crippen molar-refractivity contribution < 1.29 is 9.90 Å². The lowest BCUT2D eigenvalue weighted by Gasteiger charge is -2.34. The first kappa shape index (κ1) is 15.1. The van der Waals surface area contributed by atoms with Crippen LogP contribution in [0.25, 0.3) is 10.9 Å². The summed E-state index contributed by atoms with van der Waals surface area (Å²) < 4.78 is 0. The molecule has 1 aromatic carbocycles. The van der Waals surface area contributed by atoms with Gasteiger partial charge in [-0.15, -0.1) is 0 Å². The summed E-state index contributed by atoms with van der Waals surface area (Å²) in [6, 6.07) is 8.41. The number of aliphatic hydroxyl groups excluding tert-OH is 1. The predicted molar refractivity (Wildman–Crippen MR) is 87.6 cm³/mol. The Morgan fingerprint density at radius 3 is 2.73 bits per heavy atom. The standard InChI is InChI=1S/C18H24N2O2/c1-20(15-8-6-13(12-21)7-9-15)18(22)10-14-11-19-17-5-3-2-4-16(14)17/h2-5,11,13,15,19,21H,6-10,12H2,1H3. The molecule has 0 spiro atoms. The van der Waals surface area contributed by atoms with Crippen molar-refractivity contribution in [2.75, 3.05) is 13.7 Å². The smallest absolute Gasteiger partial charge is 0.227 e. The summed E-state index contributed by atoms with van der Waals surface area (Å²) in [6.07, 6.45) is 6.43. The SMILES string of the molecule is CN(C(=O)Cc1c[nH]c2ccccc12)C1CCC(CO)CC1. The van der Waals surface area contributed by atoms with Crippen molar-refractivity contribution in [2.45, 2.75) is 38.1 Å². The van der Waals surface area contributed by atoms with Crippen molar-refractivity contribution in [3.05, 3.63) is 36.0 Å². The van der Waals surface area contributed by atoms with E-state index < -0.39 is 0 Å². The molecule has 0 aliphatic heterocycles. The highest BCUT2D eigenvalue weighted by molar-refractivity contribution is 5.88. The Bertz CT molecular complexity index is 641. The largest absolute Gasteiger partial charge is 0.396 e. The number of aromatic amines is 1. The molecule has 1 aliphatic rings. The number of hydrogen-bond donors (Lipinski definition) is 2. The number of para-hydroxylation sites is 1. The summed E-state index contributed by atoms with van der Waals surface area (Å²) in [5.74, 6) is 0.602. The van der Waals surface area contributed by atoms with Gasteiger partial charge in [-0.1, -0.05) is 18.2 Å². The number of carbonyl (C=O) groups excluding carboxylic acids is 1. The lowest BCUT2D eigenvalue weighted by molar-refractivity contribution is -0.132. The number of aromatic nitrogens is 1. The number of likely N-dealkylation sites (N-methyl/N-ethyl adjacent to an activating group) is 1. The van der Waals surface area contributed by atoms with Gasteiger partial charge in [0.15, 0.2) is 0 Å². The van der Waals surface area contributed by atoms with Gasteiger partial charge in [0.25, 0.3) is 0 Å². The predicted octanol–water partition coefficient (Wildman–Crippen LogP) is 2.72. The number of rotatable bonds is 4. The first-order valence-electron chi connectivity index (χ1n) is 8.10. The topological polar surface area (TPSA) is 56.3 Å². The monoisotopic (exact) mass is 300 g/mol. The average molecular weight is 300 g/mol. The van der Waals surface area contributed by atoms with Gasteiger partial charge in [-0.25, -0.2) is 0 Å². The molecule has 0 unspecified atom stereocenters. The Balaban J connectivity index is 1.64. The van der Waals surface area contributed by atoms with Gasteiger partial charge < -0.3 is 15.0 Å². The molecular weight excluding hydrogens is 276 g/mol. The van der Waals surface area contributed by atoms with E-state index in [2.05, 4.69) is 11.1 Å². The number of fused-ring (bicyclic) bond motifs is 1. The highest BCUT2D eigenvalue weighted by Crippen LogP contribution is 2.27. The quantitative estimate of drug-likeness (QED) is 0.912. The minimum Gasteiger partial charge on any atom is -0.396 e. The van der Waals surface area contributed by atoms with Gasteiger partial charge in [0.05, 0.1) is 6.42 Å². The number of aliphatic hydroxyl groups is 1. The van der Waals surface area contributed by atoms with E-state index in [0.29, 0.717) is 18.4 Å². The van der Waals surface area contributed by atoms with Crippen LogP contribution in [0.5, 0.6) is 0 Å². The molecule has 22 heavy (non-hydrogen) atoms. The van der Waals surface area contributed by atoms with Gasteiger partial charge >= 0.3 is 0 Å². The Hall–Kier alpha value is -1.81. The third kappa shape index (κ3) is 3.02. The van der Waals surface area contributed by atoms with Crippen LogP contribution < -0.4 is 0 Å². The van der Waals surface area contributed by atoms with Crippen LogP contribution >= 0.6 is 0 Å². The lowest BCUT2D eigenvalue weighted by atomic mass is 9.86. The molecule has 0 atom stereocenters. The van der Waals surface area contributed by atoms with Crippen LogP contribution in [0.3, 0.4) is 0 Å². The van der Waals surface area contributed by atoms with Gasteiger partial charge in [0.1, 0.15) is 0 Å². The molecule has 0 radical (unpaired) electrons. The second-order valence-corrected chi connectivity index (χ2v) is 6.40. The average Bonchev–Trinajstić information content (AvgIpc) is 2.97. The molecule has 0 saturated heterocycles. The van der Waals surface area contributed by atoms with Gasteiger partial charge in [0, 0.05) is 36.8 Å². The normalized spacial score (nSPS) is 21.9. The van der Waals surface area contributed by atoms with E-state index in [1.54, 1.807) is 0 Å². The molecular formula is C18H24N2O2. The summed E-state index contributed by atoms with van der Waals surface area (Å²) >= 11 is 0. The maximum Gasteiger partial charge on any atom is 0.227 e. The van der Waals surface area contributed by atoms with E-state index in [1.807, 2.05) is 36.3 Å². The summed E-state index contributed by atoms with van der Waals surface area (Å²) in [5, 5.41) is 10.3. The summed E-state index contributed by atoms with van der Waals surface area (Å²) in [7, 11) is 1.92. The minimum absolute atomic E-state index is 0.178. The maximum atomic E-state index is 12.6. The zero-order valence-corrected chi connectivity index (χ0v) is 13.1. The Labute approximate surface area is 131 Å². The number of amides is 1. The molecule has 0 bridgehead atoms. The molecule has 1 amide bonds. The Kier molecular flexibility index (Phi) is 4.48. The molecule has 2 N–H and O–H groups in total. The number of benzene rings is 1. The van der Waals surface area contributed by atoms with Crippen molar-refractivity contribution >= 4 is 16.8 Å². The molecule has 4 heteroatoms. The fraction of sp³-hybridized carbons (Fsp3) is 0.500. The number of H-pyrrole nitrogens is 1. The number of hydrogen-bond acceptors (Lipinski definition) is 2. The zero-order valence-electron chi connectivity index (χ0n) is 13.1. The molecule has 1 fully saturated rings. The van der Waals surface area contributed by atoms with Gasteiger partial charge in [-0.3, -0.25) is 4.79 Å². The third-order valence-electron chi connectivity index (χ3n) is 5.03. The van der Waals surface area contributed by atoms with Crippen molar-refractivity contribution in [2.24, 2.45) is 5.92 Å². The second kappa shape index (κ2) is 6.53. The Morgan fingerprint density at radius 2 is 2.00 bits per heavy atom. The summed E-state index contributed by atoms with van der Waals surface area (Å²) in [6.45, 7) is 0.278. The summed E-state index contributed by atoms with van der Waals surface area (Å²) in [5.41, 5.74) is 2.15. The molecule has 1 aromatic heterocycles. The maximum absolute atomic E-state index is 12.6. The van der Waals surface area contributed by atoms with Crippen LogP contribution in [-0.2, 0) is 11.2 Å². The Morgan fingerprint density at radius 1 is 1.27 bits per heavy atom. The minimum atomic E-state index is 0.178. The van der Waals surface area contributed by atoms with E-state index in [0.717, 1.165) is 42.1 Å². The van der Waals surface area contributed by atoms with E-state index >= 15 is 0 Å². The van der Waals surface area contributed by atoms with E-state index in [9.17, 15) is 9.90 Å². The van der Waals surface area contributed by atoms with Crippen LogP contribution in [0.2, 0.25) is 0 Å². The van der Waals surface area contributed by atoms with Crippen molar-refractivity contribution in [1.82, 2.24) is 9.88 Å². The van der Waals surface area contributed by atoms with Crippen LogP contribution in [0.15, 0.2) is 30.5 Å². The van der Waals surface area contributed by atoms with Gasteiger partial charge in [-0.2, -0.15) is 0 Å². The fourth-order valence-corrected chi connectivity index (χ4v) is 3.48. The first-order valence-corrected chi connectivity index (χ1v) is 8.10. The van der Waals surface area contributed by atoms with E-state index in [4.69, 9.17) is 0 Å². The van der Waals surface area contributed by atoms with Crippen LogP contribution in [0.4, 0.5) is 0 Å². The highest BCUT2D eigenvalue weighted by atomic mass is 16.3. The van der Waals surface area contributed by atoms with Gasteiger partial charge in [0.2, 0.25) is 5.91 Å². The van der Waals surface area contributed by atoms with Gasteiger partial charge in [-0.05, 0) is 43.2 Å². The molecule has 1 heterocycles. The van der Waals surface area contributed by atoms with Crippen LogP contribution in [-0.4, -0.2) is 40.6 Å². The molecule has 118 valence electrons. The molecule has 4 nitrogen and oxygen atoms in total. The van der Waals surface area contributed by atoms with Crippen LogP contribution in [0.1, 0.15) is 31.2 Å².